The fraction of sp³-hybridized carbons (Fsp3) is 0.227. The molecule has 5 heteroatoms. The highest BCUT2D eigenvalue weighted by Gasteiger charge is 2.33. The zero-order valence-electron chi connectivity index (χ0n) is 15.8. The van der Waals surface area contributed by atoms with Gasteiger partial charge >= 0.3 is 0 Å². The fourth-order valence-electron chi connectivity index (χ4n) is 3.48. The zero-order chi connectivity index (χ0) is 19.0. The molecule has 1 aromatic heterocycles. The molecule has 2 aromatic carbocycles. The maximum atomic E-state index is 12.2. The summed E-state index contributed by atoms with van der Waals surface area (Å²) < 4.78 is 1.87. The van der Waals surface area contributed by atoms with Crippen LogP contribution in [0.3, 0.4) is 0 Å². The van der Waals surface area contributed by atoms with Crippen molar-refractivity contribution in [3.05, 3.63) is 83.2 Å². The van der Waals surface area contributed by atoms with Crippen molar-refractivity contribution >= 4 is 11.6 Å². The SMILES string of the molecule is CC(=O)N1N=C(c2ccc(C)cc2)C[C@@H]1c1cn(-c2ccccc2)nc1C. The number of benzene rings is 2. The molecular weight excluding hydrogens is 336 g/mol. The second-order valence-electron chi connectivity index (χ2n) is 6.95. The van der Waals surface area contributed by atoms with Gasteiger partial charge in [0, 0.05) is 25.1 Å². The van der Waals surface area contributed by atoms with Gasteiger partial charge in [-0.15, -0.1) is 0 Å². The van der Waals surface area contributed by atoms with Crippen LogP contribution in [0.4, 0.5) is 0 Å². The third kappa shape index (κ3) is 3.28. The van der Waals surface area contributed by atoms with Crippen molar-refractivity contribution in [1.29, 1.82) is 0 Å². The number of aromatic nitrogens is 2. The molecular formula is C22H22N4O. The van der Waals surface area contributed by atoms with Crippen LogP contribution in [0.1, 0.15) is 41.8 Å². The van der Waals surface area contributed by atoms with Crippen LogP contribution >= 0.6 is 0 Å². The molecule has 4 rings (SSSR count). The van der Waals surface area contributed by atoms with Gasteiger partial charge in [0.2, 0.25) is 5.91 Å². The van der Waals surface area contributed by atoms with Gasteiger partial charge in [-0.3, -0.25) is 4.79 Å². The average molecular weight is 358 g/mol. The summed E-state index contributed by atoms with van der Waals surface area (Å²) in [7, 11) is 0. The molecule has 0 bridgehead atoms. The minimum absolute atomic E-state index is 0.0611. The van der Waals surface area contributed by atoms with Crippen molar-refractivity contribution in [2.75, 3.05) is 0 Å². The predicted octanol–water partition coefficient (Wildman–Crippen LogP) is 4.19. The van der Waals surface area contributed by atoms with E-state index >= 15 is 0 Å². The van der Waals surface area contributed by atoms with Gasteiger partial charge in [-0.25, -0.2) is 9.69 Å². The van der Waals surface area contributed by atoms with E-state index in [0.29, 0.717) is 6.42 Å². The lowest BCUT2D eigenvalue weighted by atomic mass is 9.98. The van der Waals surface area contributed by atoms with E-state index in [4.69, 9.17) is 0 Å². The lowest BCUT2D eigenvalue weighted by molar-refractivity contribution is -0.130. The molecule has 0 spiro atoms. The maximum absolute atomic E-state index is 12.2. The number of rotatable bonds is 3. The van der Waals surface area contributed by atoms with Crippen molar-refractivity contribution in [3.8, 4) is 5.69 Å². The Kier molecular flexibility index (Phi) is 4.36. The number of hydrazone groups is 1. The lowest BCUT2D eigenvalue weighted by Gasteiger charge is -2.19. The number of carbonyl (C=O) groups excluding carboxylic acids is 1. The molecule has 1 amide bonds. The van der Waals surface area contributed by atoms with E-state index in [2.05, 4.69) is 41.4 Å². The van der Waals surface area contributed by atoms with Gasteiger partial charge in [-0.05, 0) is 31.5 Å². The topological polar surface area (TPSA) is 50.5 Å². The molecule has 5 nitrogen and oxygen atoms in total. The van der Waals surface area contributed by atoms with E-state index in [9.17, 15) is 4.79 Å². The number of hydrogen-bond acceptors (Lipinski definition) is 3. The molecule has 3 aromatic rings. The quantitative estimate of drug-likeness (QED) is 0.705. The first kappa shape index (κ1) is 17.2. The van der Waals surface area contributed by atoms with Crippen molar-refractivity contribution in [2.24, 2.45) is 5.10 Å². The second-order valence-corrected chi connectivity index (χ2v) is 6.95. The molecule has 0 N–H and O–H groups in total. The van der Waals surface area contributed by atoms with E-state index in [1.165, 1.54) is 5.56 Å². The smallest absolute Gasteiger partial charge is 0.240 e. The fourth-order valence-corrected chi connectivity index (χ4v) is 3.48. The van der Waals surface area contributed by atoms with Crippen molar-refractivity contribution < 1.29 is 4.79 Å². The van der Waals surface area contributed by atoms with Crippen LogP contribution in [-0.2, 0) is 4.79 Å². The summed E-state index contributed by atoms with van der Waals surface area (Å²) in [6.07, 6.45) is 2.70. The van der Waals surface area contributed by atoms with E-state index in [-0.39, 0.29) is 11.9 Å². The van der Waals surface area contributed by atoms with Crippen LogP contribution in [0.25, 0.3) is 5.69 Å². The molecule has 1 aliphatic heterocycles. The van der Waals surface area contributed by atoms with Crippen LogP contribution < -0.4 is 0 Å². The third-order valence-corrected chi connectivity index (χ3v) is 4.93. The van der Waals surface area contributed by atoms with Gasteiger partial charge in [0.25, 0.3) is 0 Å². The van der Waals surface area contributed by atoms with Crippen LogP contribution in [0.5, 0.6) is 0 Å². The van der Waals surface area contributed by atoms with Gasteiger partial charge in [-0.1, -0.05) is 48.0 Å². The highest BCUT2D eigenvalue weighted by Crippen LogP contribution is 2.34. The van der Waals surface area contributed by atoms with Gasteiger partial charge in [0.15, 0.2) is 0 Å². The molecule has 0 fully saturated rings. The number of carbonyl (C=O) groups is 1. The lowest BCUT2D eigenvalue weighted by Crippen LogP contribution is -2.24. The van der Waals surface area contributed by atoms with Crippen LogP contribution in [0.2, 0.25) is 0 Å². The summed E-state index contributed by atoms with van der Waals surface area (Å²) in [4.78, 5) is 12.2. The first-order chi connectivity index (χ1) is 13.0. The van der Waals surface area contributed by atoms with E-state index in [1.54, 1.807) is 11.9 Å². The normalized spacial score (nSPS) is 16.5. The molecule has 1 atom stereocenters. The zero-order valence-corrected chi connectivity index (χ0v) is 15.8. The summed E-state index contributed by atoms with van der Waals surface area (Å²) in [5.74, 6) is -0.0611. The Morgan fingerprint density at radius 1 is 1.04 bits per heavy atom. The number of para-hydroxylation sites is 1. The Balaban J connectivity index is 1.68. The van der Waals surface area contributed by atoms with Crippen LogP contribution in [0, 0.1) is 13.8 Å². The van der Waals surface area contributed by atoms with Gasteiger partial charge in [0.1, 0.15) is 0 Å². The minimum atomic E-state index is -0.128. The van der Waals surface area contributed by atoms with E-state index in [0.717, 1.165) is 28.2 Å². The first-order valence-corrected chi connectivity index (χ1v) is 9.09. The predicted molar refractivity (Wildman–Crippen MR) is 106 cm³/mol. The largest absolute Gasteiger partial charge is 0.273 e. The molecule has 27 heavy (non-hydrogen) atoms. The second kappa shape index (κ2) is 6.83. The summed E-state index contributed by atoms with van der Waals surface area (Å²) >= 11 is 0. The Morgan fingerprint density at radius 3 is 2.41 bits per heavy atom. The van der Waals surface area contributed by atoms with Crippen LogP contribution in [-0.4, -0.2) is 26.4 Å². The van der Waals surface area contributed by atoms with E-state index < -0.39 is 0 Å². The highest BCUT2D eigenvalue weighted by molar-refractivity contribution is 6.03. The number of hydrogen-bond donors (Lipinski definition) is 0. The van der Waals surface area contributed by atoms with Crippen molar-refractivity contribution in [3.63, 3.8) is 0 Å². The Labute approximate surface area is 158 Å². The summed E-state index contributed by atoms with van der Waals surface area (Å²) in [5.41, 5.74) is 6.14. The maximum Gasteiger partial charge on any atom is 0.240 e. The molecule has 2 heterocycles. The third-order valence-electron chi connectivity index (χ3n) is 4.93. The Bertz CT molecular complexity index is 1000. The molecule has 0 saturated carbocycles. The standard InChI is InChI=1S/C22H22N4O/c1-15-9-11-18(12-10-15)21-13-22(26(24-21)17(3)27)20-14-25(23-16(20)2)19-7-5-4-6-8-19/h4-12,14,22H,13H2,1-3H3/t22-/m1/s1. The van der Waals surface area contributed by atoms with Gasteiger partial charge in [-0.2, -0.15) is 10.2 Å². The highest BCUT2D eigenvalue weighted by atomic mass is 16.2. The molecule has 1 aliphatic rings. The summed E-state index contributed by atoms with van der Waals surface area (Å²) in [6.45, 7) is 5.61. The van der Waals surface area contributed by atoms with Gasteiger partial charge in [0.05, 0.1) is 23.1 Å². The average Bonchev–Trinajstić information content (AvgIpc) is 3.27. The molecule has 0 unspecified atom stereocenters. The Hall–Kier alpha value is -3.21. The summed E-state index contributed by atoms with van der Waals surface area (Å²) in [6, 6.07) is 18.1. The first-order valence-electron chi connectivity index (χ1n) is 9.09. The molecule has 0 saturated heterocycles. The van der Waals surface area contributed by atoms with Crippen molar-refractivity contribution in [2.45, 2.75) is 33.2 Å². The summed E-state index contributed by atoms with van der Waals surface area (Å²) in [5, 5.41) is 10.9. The Morgan fingerprint density at radius 2 is 1.74 bits per heavy atom. The van der Waals surface area contributed by atoms with Crippen LogP contribution in [0.15, 0.2) is 65.9 Å². The molecule has 0 aliphatic carbocycles. The number of nitrogens with zero attached hydrogens (tertiary/aromatic N) is 4. The van der Waals surface area contributed by atoms with E-state index in [1.807, 2.05) is 48.1 Å². The molecule has 136 valence electrons. The number of amides is 1. The molecule has 0 radical (unpaired) electrons. The monoisotopic (exact) mass is 358 g/mol. The van der Waals surface area contributed by atoms with Crippen molar-refractivity contribution in [1.82, 2.24) is 14.8 Å². The number of aryl methyl sites for hydroxylation is 2. The van der Waals surface area contributed by atoms with Gasteiger partial charge < -0.3 is 0 Å². The minimum Gasteiger partial charge on any atom is -0.273 e.